The molecule has 0 spiro atoms. The first-order chi connectivity index (χ1) is 14.5. The minimum Gasteiger partial charge on any atom is -0.466 e. The Labute approximate surface area is 170 Å². The van der Waals surface area contributed by atoms with Crippen molar-refractivity contribution in [3.05, 3.63) is 64.0 Å². The van der Waals surface area contributed by atoms with E-state index >= 15 is 0 Å². The highest BCUT2D eigenvalue weighted by molar-refractivity contribution is 6.03. The van der Waals surface area contributed by atoms with Gasteiger partial charge in [-0.2, -0.15) is 0 Å². The summed E-state index contributed by atoms with van der Waals surface area (Å²) in [5, 5.41) is 11.2. The fraction of sp³-hybridized carbons (Fsp3) is 0.211. The van der Waals surface area contributed by atoms with Gasteiger partial charge in [-0.3, -0.25) is 10.1 Å². The highest BCUT2D eigenvalue weighted by atomic mass is 16.6. The van der Waals surface area contributed by atoms with Gasteiger partial charge in [-0.25, -0.2) is 14.6 Å². The largest absolute Gasteiger partial charge is 0.466 e. The lowest BCUT2D eigenvalue weighted by Gasteiger charge is -2.31. The molecule has 11 nitrogen and oxygen atoms in total. The summed E-state index contributed by atoms with van der Waals surface area (Å²) in [6.07, 6.45) is 1.37. The molecular weight excluding hydrogens is 398 g/mol. The van der Waals surface area contributed by atoms with Gasteiger partial charge in [0.2, 0.25) is 0 Å². The van der Waals surface area contributed by atoms with E-state index in [1.165, 1.54) is 43.5 Å². The molecule has 1 aromatic heterocycles. The average Bonchev–Trinajstić information content (AvgIpc) is 2.77. The molecule has 11 heteroatoms. The van der Waals surface area contributed by atoms with Crippen molar-refractivity contribution in [1.29, 1.82) is 0 Å². The fourth-order valence-corrected chi connectivity index (χ4v) is 2.77. The third kappa shape index (κ3) is 4.20. The lowest BCUT2D eigenvalue weighted by Crippen LogP contribution is -2.38. The van der Waals surface area contributed by atoms with Crippen molar-refractivity contribution in [1.82, 2.24) is 4.98 Å². The van der Waals surface area contributed by atoms with Crippen LogP contribution in [0.4, 0.5) is 11.4 Å². The van der Waals surface area contributed by atoms with Crippen LogP contribution in [0.15, 0.2) is 53.9 Å². The van der Waals surface area contributed by atoms with E-state index in [0.717, 1.165) is 0 Å². The highest BCUT2D eigenvalue weighted by Crippen LogP contribution is 2.33. The van der Waals surface area contributed by atoms with Crippen LogP contribution in [0.3, 0.4) is 0 Å². The Morgan fingerprint density at radius 2 is 1.93 bits per heavy atom. The Morgan fingerprint density at radius 3 is 2.63 bits per heavy atom. The van der Waals surface area contributed by atoms with Gasteiger partial charge in [0.1, 0.15) is 18.2 Å². The number of carbonyl (C=O) groups is 2. The lowest BCUT2D eigenvalue weighted by atomic mass is 10.1. The molecule has 0 radical (unpaired) electrons. The van der Waals surface area contributed by atoms with E-state index in [0.29, 0.717) is 5.69 Å². The van der Waals surface area contributed by atoms with Crippen molar-refractivity contribution >= 4 is 23.3 Å². The molecule has 0 N–H and O–H groups in total. The predicted octanol–water partition coefficient (Wildman–Crippen LogP) is 2.18. The molecule has 1 aliphatic rings. The summed E-state index contributed by atoms with van der Waals surface area (Å²) in [5.41, 5.74) is 0.0961. The number of nitro groups is 1. The number of rotatable bonds is 6. The maximum Gasteiger partial charge on any atom is 0.355 e. The van der Waals surface area contributed by atoms with Gasteiger partial charge in [-0.1, -0.05) is 6.07 Å². The van der Waals surface area contributed by atoms with Crippen LogP contribution in [-0.2, 0) is 23.8 Å². The average molecular weight is 415 g/mol. The van der Waals surface area contributed by atoms with Crippen molar-refractivity contribution < 1.29 is 33.5 Å². The Morgan fingerprint density at radius 1 is 1.17 bits per heavy atom. The summed E-state index contributed by atoms with van der Waals surface area (Å²) in [4.78, 5) is 40.3. The zero-order valence-corrected chi connectivity index (χ0v) is 16.1. The van der Waals surface area contributed by atoms with Crippen LogP contribution >= 0.6 is 0 Å². The summed E-state index contributed by atoms with van der Waals surface area (Å²) in [5.74, 6) is -1.43. The molecule has 0 aliphatic carbocycles. The second kappa shape index (κ2) is 9.01. The molecule has 1 aromatic carbocycles. The quantitative estimate of drug-likeness (QED) is 0.393. The molecule has 0 fully saturated rings. The SMILES string of the molecule is COC(=O)C1=C(C(=O)OC)N(c2cccc(Oc3ncccc3[N+](=O)[O-])c2)COC1. The number of nitrogens with zero attached hydrogens (tertiary/aromatic N) is 3. The minimum atomic E-state index is -0.745. The molecule has 2 aromatic rings. The van der Waals surface area contributed by atoms with E-state index in [4.69, 9.17) is 18.9 Å². The second-order valence-corrected chi connectivity index (χ2v) is 5.90. The fourth-order valence-electron chi connectivity index (χ4n) is 2.77. The normalized spacial score (nSPS) is 13.6. The number of benzene rings is 1. The Hall–Kier alpha value is -3.99. The number of ether oxygens (including phenoxy) is 4. The molecule has 3 rings (SSSR count). The lowest BCUT2D eigenvalue weighted by molar-refractivity contribution is -0.386. The summed E-state index contributed by atoms with van der Waals surface area (Å²) in [6, 6.07) is 9.03. The monoisotopic (exact) mass is 415 g/mol. The van der Waals surface area contributed by atoms with E-state index in [2.05, 4.69) is 4.98 Å². The minimum absolute atomic E-state index is 0.00212. The zero-order chi connectivity index (χ0) is 21.7. The van der Waals surface area contributed by atoms with Gasteiger partial charge in [-0.05, 0) is 18.2 Å². The molecule has 0 amide bonds. The maximum atomic E-state index is 12.4. The number of carbonyl (C=O) groups excluding carboxylic acids is 2. The van der Waals surface area contributed by atoms with Crippen molar-refractivity contribution in [3.63, 3.8) is 0 Å². The number of hydrogen-bond acceptors (Lipinski definition) is 10. The van der Waals surface area contributed by atoms with Crippen molar-refractivity contribution in [2.24, 2.45) is 0 Å². The van der Waals surface area contributed by atoms with E-state index < -0.39 is 16.9 Å². The number of esters is 2. The third-order valence-corrected chi connectivity index (χ3v) is 4.12. The third-order valence-electron chi connectivity index (χ3n) is 4.12. The smallest absolute Gasteiger partial charge is 0.355 e. The van der Waals surface area contributed by atoms with Gasteiger partial charge in [0.05, 0.1) is 31.3 Å². The van der Waals surface area contributed by atoms with Crippen LogP contribution in [0.25, 0.3) is 0 Å². The molecule has 156 valence electrons. The summed E-state index contributed by atoms with van der Waals surface area (Å²) >= 11 is 0. The van der Waals surface area contributed by atoms with E-state index in [1.54, 1.807) is 18.2 Å². The molecule has 30 heavy (non-hydrogen) atoms. The van der Waals surface area contributed by atoms with Crippen molar-refractivity contribution in [3.8, 4) is 11.6 Å². The maximum absolute atomic E-state index is 12.4. The molecule has 1 aliphatic heterocycles. The molecule has 0 atom stereocenters. The first-order valence-corrected chi connectivity index (χ1v) is 8.58. The van der Waals surface area contributed by atoms with Gasteiger partial charge in [0.15, 0.2) is 0 Å². The summed E-state index contributed by atoms with van der Waals surface area (Å²) in [7, 11) is 2.38. The van der Waals surface area contributed by atoms with Crippen molar-refractivity contribution in [2.75, 3.05) is 32.5 Å². The van der Waals surface area contributed by atoms with Gasteiger partial charge in [-0.15, -0.1) is 0 Å². The van der Waals surface area contributed by atoms with E-state index in [1.807, 2.05) is 0 Å². The van der Waals surface area contributed by atoms with Crippen LogP contribution in [0.5, 0.6) is 11.6 Å². The van der Waals surface area contributed by atoms with Gasteiger partial charge >= 0.3 is 17.6 Å². The number of pyridine rings is 1. The Bertz CT molecular complexity index is 1020. The van der Waals surface area contributed by atoms with Crippen LogP contribution < -0.4 is 9.64 Å². The van der Waals surface area contributed by atoms with Crippen LogP contribution in [0, 0.1) is 10.1 Å². The predicted molar refractivity (Wildman–Crippen MR) is 102 cm³/mol. The first kappa shape index (κ1) is 20.7. The molecule has 0 unspecified atom stereocenters. The van der Waals surface area contributed by atoms with Crippen LogP contribution in [0.1, 0.15) is 0 Å². The molecule has 0 bridgehead atoms. The van der Waals surface area contributed by atoms with E-state index in [9.17, 15) is 19.7 Å². The molecule has 2 heterocycles. The molecular formula is C19H17N3O8. The Kier molecular flexibility index (Phi) is 6.23. The van der Waals surface area contributed by atoms with Crippen LogP contribution in [-0.4, -0.2) is 49.4 Å². The van der Waals surface area contributed by atoms with E-state index in [-0.39, 0.29) is 41.9 Å². The zero-order valence-electron chi connectivity index (χ0n) is 16.1. The van der Waals surface area contributed by atoms with Crippen molar-refractivity contribution in [2.45, 2.75) is 0 Å². The first-order valence-electron chi connectivity index (χ1n) is 8.58. The molecule has 0 saturated carbocycles. The highest BCUT2D eigenvalue weighted by Gasteiger charge is 2.32. The van der Waals surface area contributed by atoms with Gasteiger partial charge in [0, 0.05) is 24.0 Å². The Balaban J connectivity index is 1.99. The number of hydrogen-bond donors (Lipinski definition) is 0. The number of anilines is 1. The summed E-state index contributed by atoms with van der Waals surface area (Å²) < 4.78 is 20.5. The standard InChI is InChI=1S/C19H17N3O8/c1-27-18(23)14-10-29-11-21(16(14)19(24)28-2)12-5-3-6-13(9-12)30-17-15(22(25)26)7-4-8-20-17/h3-9H,10-11H2,1-2H3. The number of aromatic nitrogens is 1. The van der Waals surface area contributed by atoms with Gasteiger partial charge < -0.3 is 23.8 Å². The topological polar surface area (TPSA) is 130 Å². The molecule has 0 saturated heterocycles. The second-order valence-electron chi connectivity index (χ2n) is 5.90. The summed E-state index contributed by atoms with van der Waals surface area (Å²) in [6.45, 7) is -0.165. The number of methoxy groups -OCH3 is 2. The van der Waals surface area contributed by atoms with Crippen LogP contribution in [0.2, 0.25) is 0 Å². The van der Waals surface area contributed by atoms with Gasteiger partial charge in [0.25, 0.3) is 5.88 Å².